The minimum atomic E-state index is -1.02. The zero-order valence-corrected chi connectivity index (χ0v) is 15.8. The summed E-state index contributed by atoms with van der Waals surface area (Å²) >= 11 is 0. The number of carbonyl (C=O) groups is 2. The summed E-state index contributed by atoms with van der Waals surface area (Å²) in [5.74, 6) is -0.305. The molecule has 0 fully saturated rings. The molecule has 0 saturated carbocycles. The van der Waals surface area contributed by atoms with Gasteiger partial charge in [-0.05, 0) is 36.2 Å². The Balaban J connectivity index is 2.26. The summed E-state index contributed by atoms with van der Waals surface area (Å²) in [5.41, 5.74) is 2.22. The van der Waals surface area contributed by atoms with E-state index in [2.05, 4.69) is 12.2 Å². The van der Waals surface area contributed by atoms with E-state index in [0.717, 1.165) is 18.4 Å². The van der Waals surface area contributed by atoms with Crippen LogP contribution in [-0.2, 0) is 11.2 Å². The average Bonchev–Trinajstić information content (AvgIpc) is 2.67. The van der Waals surface area contributed by atoms with Gasteiger partial charge in [-0.2, -0.15) is 0 Å². The van der Waals surface area contributed by atoms with Gasteiger partial charge in [-0.1, -0.05) is 25.5 Å². The minimum Gasteiger partial charge on any atom is -0.497 e. The normalized spacial score (nSPS) is 11.5. The molecular formula is C21H25NO5. The van der Waals surface area contributed by atoms with Crippen molar-refractivity contribution in [3.05, 3.63) is 59.2 Å². The Bertz CT molecular complexity index is 786. The van der Waals surface area contributed by atoms with Gasteiger partial charge < -0.3 is 19.9 Å². The Morgan fingerprint density at radius 1 is 1.07 bits per heavy atom. The SMILES string of the molecule is CCCc1ccc(C(=O)NC(CC(=O)O)c2ccc(OC)cc2OC)cc1. The minimum absolute atomic E-state index is 0.262. The predicted octanol–water partition coefficient (Wildman–Crippen LogP) is 3.60. The Labute approximate surface area is 159 Å². The van der Waals surface area contributed by atoms with Crippen LogP contribution in [0, 0.1) is 0 Å². The highest BCUT2D eigenvalue weighted by atomic mass is 16.5. The second-order valence-electron chi connectivity index (χ2n) is 6.18. The fourth-order valence-corrected chi connectivity index (χ4v) is 2.87. The molecule has 144 valence electrons. The van der Waals surface area contributed by atoms with Gasteiger partial charge in [-0.25, -0.2) is 0 Å². The van der Waals surface area contributed by atoms with Crippen molar-refractivity contribution in [3.8, 4) is 11.5 Å². The van der Waals surface area contributed by atoms with E-state index in [1.807, 2.05) is 12.1 Å². The first-order valence-corrected chi connectivity index (χ1v) is 8.82. The summed E-state index contributed by atoms with van der Waals surface area (Å²) in [6.45, 7) is 2.10. The molecule has 1 atom stereocenters. The van der Waals surface area contributed by atoms with Gasteiger partial charge in [0.05, 0.1) is 26.7 Å². The molecule has 0 aliphatic heterocycles. The van der Waals surface area contributed by atoms with E-state index in [1.54, 1.807) is 30.3 Å². The van der Waals surface area contributed by atoms with Crippen LogP contribution in [0.4, 0.5) is 0 Å². The third-order valence-electron chi connectivity index (χ3n) is 4.25. The van der Waals surface area contributed by atoms with Crippen LogP contribution in [0.3, 0.4) is 0 Å². The maximum Gasteiger partial charge on any atom is 0.305 e. The van der Waals surface area contributed by atoms with E-state index in [9.17, 15) is 14.7 Å². The fourth-order valence-electron chi connectivity index (χ4n) is 2.87. The first-order valence-electron chi connectivity index (χ1n) is 8.82. The number of amides is 1. The molecule has 27 heavy (non-hydrogen) atoms. The van der Waals surface area contributed by atoms with Crippen molar-refractivity contribution in [1.29, 1.82) is 0 Å². The van der Waals surface area contributed by atoms with Gasteiger partial charge in [0.1, 0.15) is 11.5 Å². The third-order valence-corrected chi connectivity index (χ3v) is 4.25. The van der Waals surface area contributed by atoms with E-state index in [0.29, 0.717) is 22.6 Å². The number of carbonyl (C=O) groups excluding carboxylic acids is 1. The molecule has 6 heteroatoms. The topological polar surface area (TPSA) is 84.9 Å². The van der Waals surface area contributed by atoms with E-state index < -0.39 is 12.0 Å². The number of carboxylic acid groups (broad SMARTS) is 1. The maximum absolute atomic E-state index is 12.6. The third kappa shape index (κ3) is 5.48. The molecular weight excluding hydrogens is 346 g/mol. The van der Waals surface area contributed by atoms with Crippen molar-refractivity contribution in [2.24, 2.45) is 0 Å². The van der Waals surface area contributed by atoms with Gasteiger partial charge in [-0.3, -0.25) is 9.59 Å². The summed E-state index contributed by atoms with van der Waals surface area (Å²) in [6.07, 6.45) is 1.72. The Kier molecular flexibility index (Phi) is 7.23. The monoisotopic (exact) mass is 371 g/mol. The molecule has 0 saturated heterocycles. The molecule has 1 amide bonds. The lowest BCUT2D eigenvalue weighted by Gasteiger charge is -2.20. The number of ether oxygens (including phenoxy) is 2. The number of nitrogens with one attached hydrogen (secondary N) is 1. The average molecular weight is 371 g/mol. The Morgan fingerprint density at radius 3 is 2.33 bits per heavy atom. The van der Waals surface area contributed by atoms with Gasteiger partial charge in [0, 0.05) is 17.2 Å². The second-order valence-corrected chi connectivity index (χ2v) is 6.18. The lowest BCUT2D eigenvalue weighted by atomic mass is 10.0. The molecule has 2 rings (SSSR count). The molecule has 0 heterocycles. The Morgan fingerprint density at radius 2 is 1.78 bits per heavy atom. The van der Waals surface area contributed by atoms with Crippen molar-refractivity contribution < 1.29 is 24.2 Å². The summed E-state index contributed by atoms with van der Waals surface area (Å²) in [6, 6.07) is 11.7. The number of methoxy groups -OCH3 is 2. The molecule has 0 aliphatic carbocycles. The van der Waals surface area contributed by atoms with Gasteiger partial charge in [0.15, 0.2) is 0 Å². The lowest BCUT2D eigenvalue weighted by molar-refractivity contribution is -0.137. The first-order chi connectivity index (χ1) is 13.0. The summed E-state index contributed by atoms with van der Waals surface area (Å²) in [7, 11) is 3.03. The van der Waals surface area contributed by atoms with Gasteiger partial charge >= 0.3 is 5.97 Å². The fraction of sp³-hybridized carbons (Fsp3) is 0.333. The molecule has 6 nitrogen and oxygen atoms in total. The van der Waals surface area contributed by atoms with Gasteiger partial charge in [-0.15, -0.1) is 0 Å². The van der Waals surface area contributed by atoms with Crippen LogP contribution in [0.15, 0.2) is 42.5 Å². The molecule has 2 aromatic carbocycles. The van der Waals surface area contributed by atoms with E-state index in [4.69, 9.17) is 9.47 Å². The molecule has 2 aromatic rings. The van der Waals surface area contributed by atoms with Crippen LogP contribution in [0.25, 0.3) is 0 Å². The van der Waals surface area contributed by atoms with E-state index in [-0.39, 0.29) is 12.3 Å². The number of rotatable bonds is 9. The highest BCUT2D eigenvalue weighted by Crippen LogP contribution is 2.31. The lowest BCUT2D eigenvalue weighted by Crippen LogP contribution is -2.30. The number of carboxylic acids is 1. The van der Waals surface area contributed by atoms with E-state index >= 15 is 0 Å². The molecule has 0 bridgehead atoms. The van der Waals surface area contributed by atoms with Crippen molar-refractivity contribution in [3.63, 3.8) is 0 Å². The van der Waals surface area contributed by atoms with Crippen molar-refractivity contribution in [2.45, 2.75) is 32.2 Å². The molecule has 1 unspecified atom stereocenters. The number of aliphatic carboxylic acids is 1. The highest BCUT2D eigenvalue weighted by molar-refractivity contribution is 5.94. The zero-order valence-electron chi connectivity index (χ0n) is 15.8. The van der Waals surface area contributed by atoms with Crippen LogP contribution in [-0.4, -0.2) is 31.2 Å². The Hall–Kier alpha value is -3.02. The van der Waals surface area contributed by atoms with Gasteiger partial charge in [0.2, 0.25) is 0 Å². The predicted molar refractivity (Wildman–Crippen MR) is 102 cm³/mol. The van der Waals surface area contributed by atoms with Crippen LogP contribution in [0.2, 0.25) is 0 Å². The number of benzene rings is 2. The molecule has 0 aliphatic rings. The van der Waals surface area contributed by atoms with Crippen LogP contribution in [0.5, 0.6) is 11.5 Å². The van der Waals surface area contributed by atoms with Crippen LogP contribution in [0.1, 0.15) is 47.3 Å². The first kappa shape index (κ1) is 20.3. The maximum atomic E-state index is 12.6. The van der Waals surface area contributed by atoms with E-state index in [1.165, 1.54) is 14.2 Å². The molecule has 2 N–H and O–H groups in total. The number of hydrogen-bond acceptors (Lipinski definition) is 4. The smallest absolute Gasteiger partial charge is 0.305 e. The zero-order chi connectivity index (χ0) is 19.8. The quantitative estimate of drug-likeness (QED) is 0.703. The van der Waals surface area contributed by atoms with Crippen molar-refractivity contribution in [1.82, 2.24) is 5.32 Å². The number of hydrogen-bond donors (Lipinski definition) is 2. The summed E-state index contributed by atoms with van der Waals surface area (Å²) < 4.78 is 10.5. The standard InChI is InChI=1S/C21H25NO5/c1-4-5-14-6-8-15(9-7-14)21(25)22-18(13-20(23)24)17-11-10-16(26-2)12-19(17)27-3/h6-12,18H,4-5,13H2,1-3H3,(H,22,25)(H,23,24). The summed E-state index contributed by atoms with van der Waals surface area (Å²) in [4.78, 5) is 24.0. The molecule has 0 spiro atoms. The summed E-state index contributed by atoms with van der Waals surface area (Å²) in [5, 5.41) is 12.1. The van der Waals surface area contributed by atoms with Crippen LogP contribution < -0.4 is 14.8 Å². The molecule has 0 radical (unpaired) electrons. The largest absolute Gasteiger partial charge is 0.497 e. The molecule has 0 aromatic heterocycles. The van der Waals surface area contributed by atoms with Crippen LogP contribution >= 0.6 is 0 Å². The highest BCUT2D eigenvalue weighted by Gasteiger charge is 2.22. The number of aryl methyl sites for hydroxylation is 1. The van der Waals surface area contributed by atoms with Crippen molar-refractivity contribution >= 4 is 11.9 Å². The van der Waals surface area contributed by atoms with Crippen molar-refractivity contribution in [2.75, 3.05) is 14.2 Å². The van der Waals surface area contributed by atoms with Gasteiger partial charge in [0.25, 0.3) is 5.91 Å². The second kappa shape index (κ2) is 9.62.